The third-order valence-corrected chi connectivity index (χ3v) is 8.06. The summed E-state index contributed by atoms with van der Waals surface area (Å²) in [5.74, 6) is -0.278. The average molecular weight is 671 g/mol. The number of aliphatic hydroxyl groups is 9. The van der Waals surface area contributed by atoms with Gasteiger partial charge in [0, 0.05) is 26.2 Å². The van der Waals surface area contributed by atoms with Crippen LogP contribution in [0.2, 0.25) is 0 Å². The van der Waals surface area contributed by atoms with Crippen molar-refractivity contribution < 1.29 is 74.5 Å². The number of rotatable bonds is 22. The average Bonchev–Trinajstić information content (AvgIpc) is 3.03. The molecule has 2 aliphatic heterocycles. The molecule has 0 saturated carbocycles. The van der Waals surface area contributed by atoms with Gasteiger partial charge in [0.25, 0.3) is 0 Å². The summed E-state index contributed by atoms with van der Waals surface area (Å²) in [5, 5.41) is 93.7. The second-order valence-electron chi connectivity index (χ2n) is 11.8. The van der Waals surface area contributed by atoms with E-state index in [0.717, 1.165) is 0 Å². The summed E-state index contributed by atoms with van der Waals surface area (Å²) in [6, 6.07) is -0.556. The molecule has 17 nitrogen and oxygen atoms in total. The number of nitrogens with one attached hydrogen (secondary N) is 2. The van der Waals surface area contributed by atoms with Crippen LogP contribution in [0, 0.1) is 0 Å². The number of carbonyl (C=O) groups excluding carboxylic acids is 2. The van der Waals surface area contributed by atoms with E-state index in [1.807, 2.05) is 0 Å². The van der Waals surface area contributed by atoms with Crippen molar-refractivity contribution in [3.8, 4) is 0 Å². The first-order chi connectivity index (χ1) is 21.9. The molecule has 0 aromatic carbocycles. The van der Waals surface area contributed by atoms with Gasteiger partial charge in [0.2, 0.25) is 5.91 Å². The Morgan fingerprint density at radius 1 is 0.696 bits per heavy atom. The molecule has 12 atom stereocenters. The monoisotopic (exact) mass is 670 g/mol. The Bertz CT molecular complexity index is 868. The van der Waals surface area contributed by atoms with Crippen LogP contribution in [0.5, 0.6) is 0 Å². The number of carbonyl (C=O) groups is 2. The Hall–Kier alpha value is -1.42. The van der Waals surface area contributed by atoms with E-state index in [9.17, 15) is 55.5 Å². The molecule has 270 valence electrons. The number of aliphatic hydroxyl groups excluding tert-OH is 9. The molecule has 0 aromatic rings. The van der Waals surface area contributed by atoms with Crippen molar-refractivity contribution in [1.82, 2.24) is 10.6 Å². The zero-order chi connectivity index (χ0) is 34.2. The molecule has 1 amide bonds. The van der Waals surface area contributed by atoms with Gasteiger partial charge in [-0.05, 0) is 58.3 Å². The first kappa shape index (κ1) is 40.8. The second kappa shape index (κ2) is 21.5. The van der Waals surface area contributed by atoms with Gasteiger partial charge in [-0.2, -0.15) is 0 Å². The van der Waals surface area contributed by atoms with Gasteiger partial charge in [0.05, 0.1) is 19.3 Å². The van der Waals surface area contributed by atoms with E-state index in [2.05, 4.69) is 10.6 Å². The summed E-state index contributed by atoms with van der Waals surface area (Å²) >= 11 is 0. The zero-order valence-electron chi connectivity index (χ0n) is 26.3. The lowest BCUT2D eigenvalue weighted by Gasteiger charge is -2.39. The van der Waals surface area contributed by atoms with Gasteiger partial charge in [-0.1, -0.05) is 0 Å². The highest BCUT2D eigenvalue weighted by Crippen LogP contribution is 2.23. The van der Waals surface area contributed by atoms with E-state index in [0.29, 0.717) is 57.9 Å². The molecule has 0 bridgehead atoms. The molecule has 2 aliphatic rings. The summed E-state index contributed by atoms with van der Waals surface area (Å²) < 4.78 is 21.4. The molecular formula is C29H54N2O15. The van der Waals surface area contributed by atoms with E-state index in [4.69, 9.17) is 18.9 Å². The predicted molar refractivity (Wildman–Crippen MR) is 158 cm³/mol. The Labute approximate surface area is 268 Å². The lowest BCUT2D eigenvalue weighted by Crippen LogP contribution is -2.59. The number of Topliss-reactive ketones (excluding diaryl/α,β-unsaturated/α-hetero) is 1. The number of ketones is 1. The Morgan fingerprint density at radius 3 is 1.70 bits per heavy atom. The minimum absolute atomic E-state index is 0.125. The van der Waals surface area contributed by atoms with E-state index in [1.54, 1.807) is 0 Å². The maximum Gasteiger partial charge on any atom is 0.219 e. The fraction of sp³-hybridized carbons (Fsp3) is 0.931. The van der Waals surface area contributed by atoms with Crippen LogP contribution >= 0.6 is 0 Å². The third kappa shape index (κ3) is 13.2. The zero-order valence-corrected chi connectivity index (χ0v) is 26.3. The molecule has 0 aromatic heterocycles. The van der Waals surface area contributed by atoms with Crippen LogP contribution in [-0.4, -0.2) is 164 Å². The van der Waals surface area contributed by atoms with Gasteiger partial charge >= 0.3 is 0 Å². The number of unbranched alkanes of at least 4 members (excludes halogenated alkanes) is 3. The molecule has 0 spiro atoms. The minimum Gasteiger partial charge on any atom is -0.394 e. The molecule has 2 saturated heterocycles. The van der Waals surface area contributed by atoms with E-state index in [-0.39, 0.29) is 31.3 Å². The summed E-state index contributed by atoms with van der Waals surface area (Å²) in [4.78, 5) is 24.2. The van der Waals surface area contributed by atoms with Crippen LogP contribution in [0.25, 0.3) is 0 Å². The molecule has 0 radical (unpaired) electrons. The molecule has 17 heteroatoms. The van der Waals surface area contributed by atoms with Crippen molar-refractivity contribution in [3.63, 3.8) is 0 Å². The van der Waals surface area contributed by atoms with Crippen LogP contribution in [-0.2, 0) is 28.5 Å². The summed E-state index contributed by atoms with van der Waals surface area (Å²) in [7, 11) is 0. The number of ether oxygens (including phenoxy) is 4. The van der Waals surface area contributed by atoms with E-state index >= 15 is 0 Å². The quantitative estimate of drug-likeness (QED) is 0.0388. The predicted octanol–water partition coefficient (Wildman–Crippen LogP) is -3.89. The maximum absolute atomic E-state index is 12.1. The van der Waals surface area contributed by atoms with Crippen molar-refractivity contribution in [1.29, 1.82) is 0 Å². The lowest BCUT2D eigenvalue weighted by molar-refractivity contribution is -0.301. The van der Waals surface area contributed by atoms with Crippen LogP contribution in [0.3, 0.4) is 0 Å². The first-order valence-corrected chi connectivity index (χ1v) is 16.0. The highest BCUT2D eigenvalue weighted by atomic mass is 16.7. The molecule has 46 heavy (non-hydrogen) atoms. The molecular weight excluding hydrogens is 616 g/mol. The fourth-order valence-electron chi connectivity index (χ4n) is 5.15. The topological polar surface area (TPSA) is 277 Å². The van der Waals surface area contributed by atoms with E-state index < -0.39 is 86.9 Å². The van der Waals surface area contributed by atoms with Crippen LogP contribution < -0.4 is 10.6 Å². The largest absolute Gasteiger partial charge is 0.394 e. The van der Waals surface area contributed by atoms with Crippen molar-refractivity contribution in [2.75, 3.05) is 33.0 Å². The second-order valence-corrected chi connectivity index (χ2v) is 11.8. The van der Waals surface area contributed by atoms with Crippen LogP contribution in [0.1, 0.15) is 64.7 Å². The molecule has 11 N–H and O–H groups in total. The fourth-order valence-corrected chi connectivity index (χ4v) is 5.15. The van der Waals surface area contributed by atoms with Crippen molar-refractivity contribution >= 4 is 11.7 Å². The number of amides is 1. The first-order valence-electron chi connectivity index (χ1n) is 16.0. The molecule has 2 rings (SSSR count). The summed E-state index contributed by atoms with van der Waals surface area (Å²) in [6.07, 6.45) is -10.1. The SMILES string of the molecule is CC(=O)C(CCCCNC(=O)CCCCOC1OC(CO)C(O)C(O)C1O)NC(O)CCCCOC1OC(CO)C(O)C(O)C1O. The number of hydrogen-bond acceptors (Lipinski definition) is 16. The molecule has 0 aliphatic carbocycles. The van der Waals surface area contributed by atoms with Crippen LogP contribution in [0.15, 0.2) is 0 Å². The molecule has 2 fully saturated rings. The smallest absolute Gasteiger partial charge is 0.219 e. The Balaban J connectivity index is 1.52. The van der Waals surface area contributed by atoms with Gasteiger partial charge in [-0.3, -0.25) is 14.9 Å². The maximum atomic E-state index is 12.1. The van der Waals surface area contributed by atoms with E-state index in [1.165, 1.54) is 6.92 Å². The minimum atomic E-state index is -1.52. The Kier molecular flexibility index (Phi) is 19.1. The van der Waals surface area contributed by atoms with Crippen molar-refractivity contribution in [2.24, 2.45) is 0 Å². The van der Waals surface area contributed by atoms with Gasteiger partial charge in [-0.15, -0.1) is 0 Å². The highest BCUT2D eigenvalue weighted by Gasteiger charge is 2.45. The van der Waals surface area contributed by atoms with Gasteiger partial charge in [-0.25, -0.2) is 0 Å². The summed E-state index contributed by atoms with van der Waals surface area (Å²) in [5.41, 5.74) is 0. The van der Waals surface area contributed by atoms with Gasteiger partial charge in [0.1, 0.15) is 60.8 Å². The highest BCUT2D eigenvalue weighted by molar-refractivity contribution is 5.81. The van der Waals surface area contributed by atoms with Gasteiger partial charge < -0.3 is 70.2 Å². The summed E-state index contributed by atoms with van der Waals surface area (Å²) in [6.45, 7) is 1.02. The van der Waals surface area contributed by atoms with Crippen molar-refractivity contribution in [3.05, 3.63) is 0 Å². The normalized spacial score (nSPS) is 33.0. The molecule has 12 unspecified atom stereocenters. The number of hydrogen-bond donors (Lipinski definition) is 11. The third-order valence-electron chi connectivity index (χ3n) is 8.06. The van der Waals surface area contributed by atoms with Gasteiger partial charge in [0.15, 0.2) is 12.6 Å². The van der Waals surface area contributed by atoms with Crippen LogP contribution in [0.4, 0.5) is 0 Å². The Morgan fingerprint density at radius 2 is 1.20 bits per heavy atom. The molecule has 2 heterocycles. The standard InChI is InChI=1S/C29H54N2O15/c1-16(34)17(31-21(36)10-4-7-13-44-29-27(42)25(40)23(38)19(15-33)46-29)8-2-5-11-30-20(35)9-3-6-12-43-28-26(41)24(39)22(37)18(14-32)45-28/h17-19,21-29,31-33,36-42H,2-15H2,1H3,(H,30,35). The lowest BCUT2D eigenvalue weighted by atomic mass is 9.99. The van der Waals surface area contributed by atoms with Crippen molar-refractivity contribution in [2.45, 2.75) is 138 Å².